The molecule has 0 saturated carbocycles. The maximum Gasteiger partial charge on any atom is 0.414 e. The molecule has 4 nitrogen and oxygen atoms in total. The van der Waals surface area contributed by atoms with Gasteiger partial charge < -0.3 is 10.5 Å². The summed E-state index contributed by atoms with van der Waals surface area (Å²) in [4.78, 5) is 13.5. The summed E-state index contributed by atoms with van der Waals surface area (Å²) in [5.41, 5.74) is 7.06. The predicted octanol–water partition coefficient (Wildman–Crippen LogP) is 2.52. The molecule has 0 saturated heterocycles. The minimum atomic E-state index is -0.376. The molecule has 0 aromatic heterocycles. The third kappa shape index (κ3) is 2.97. The Morgan fingerprint density at radius 2 is 1.94 bits per heavy atom. The zero-order valence-electron chi connectivity index (χ0n) is 10.9. The Kier molecular flexibility index (Phi) is 4.12. The van der Waals surface area contributed by atoms with Gasteiger partial charge in [0.05, 0.1) is 12.8 Å². The lowest BCUT2D eigenvalue weighted by Crippen LogP contribution is -2.46. The van der Waals surface area contributed by atoms with E-state index in [1.807, 2.05) is 45.0 Å². The molecule has 0 aliphatic rings. The number of amides is 1. The second-order valence-corrected chi connectivity index (χ2v) is 4.81. The van der Waals surface area contributed by atoms with Crippen molar-refractivity contribution < 1.29 is 9.53 Å². The second kappa shape index (κ2) is 5.19. The van der Waals surface area contributed by atoms with Crippen LogP contribution in [0.4, 0.5) is 10.5 Å². The van der Waals surface area contributed by atoms with E-state index < -0.39 is 0 Å². The van der Waals surface area contributed by atoms with Crippen molar-refractivity contribution in [2.75, 3.05) is 12.0 Å². The van der Waals surface area contributed by atoms with Gasteiger partial charge in [-0.15, -0.1) is 0 Å². The van der Waals surface area contributed by atoms with Crippen molar-refractivity contribution in [3.63, 3.8) is 0 Å². The molecule has 2 N–H and O–H groups in total. The number of anilines is 1. The summed E-state index contributed by atoms with van der Waals surface area (Å²) in [6.45, 7) is 6.26. The lowest BCUT2D eigenvalue weighted by molar-refractivity contribution is 0.172. The summed E-state index contributed by atoms with van der Waals surface area (Å²) in [5, 5.41) is 0. The normalized spacial score (nSPS) is 11.1. The number of hydrogen-bond acceptors (Lipinski definition) is 3. The highest BCUT2D eigenvalue weighted by Crippen LogP contribution is 2.27. The molecule has 0 aliphatic carbocycles. The number of nitrogens with zero attached hydrogens (tertiary/aromatic N) is 1. The highest BCUT2D eigenvalue weighted by molar-refractivity contribution is 5.90. The predicted molar refractivity (Wildman–Crippen MR) is 69.0 cm³/mol. The van der Waals surface area contributed by atoms with Gasteiger partial charge in [0, 0.05) is 12.1 Å². The first-order valence-electron chi connectivity index (χ1n) is 5.58. The quantitative estimate of drug-likeness (QED) is 0.858. The van der Waals surface area contributed by atoms with Crippen molar-refractivity contribution in [3.8, 4) is 0 Å². The van der Waals surface area contributed by atoms with Crippen molar-refractivity contribution >= 4 is 11.8 Å². The Morgan fingerprint density at radius 3 is 2.41 bits per heavy atom. The monoisotopic (exact) mass is 236 g/mol. The fourth-order valence-electron chi connectivity index (χ4n) is 1.73. The largest absolute Gasteiger partial charge is 0.452 e. The van der Waals surface area contributed by atoms with Gasteiger partial charge in [-0.3, -0.25) is 4.90 Å². The minimum Gasteiger partial charge on any atom is -0.452 e. The minimum absolute atomic E-state index is 0.363. The summed E-state index contributed by atoms with van der Waals surface area (Å²) >= 11 is 0. The maximum atomic E-state index is 11.9. The molecule has 0 aliphatic heterocycles. The van der Waals surface area contributed by atoms with Crippen LogP contribution in [-0.4, -0.2) is 18.7 Å². The first kappa shape index (κ1) is 13.5. The van der Waals surface area contributed by atoms with Gasteiger partial charge in [-0.05, 0) is 32.4 Å². The first-order valence-corrected chi connectivity index (χ1v) is 5.58. The Balaban J connectivity index is 3.27. The van der Waals surface area contributed by atoms with Crippen molar-refractivity contribution in [2.24, 2.45) is 5.73 Å². The first-order chi connectivity index (χ1) is 7.91. The van der Waals surface area contributed by atoms with E-state index in [1.165, 1.54) is 7.11 Å². The number of para-hydroxylation sites is 1. The lowest BCUT2D eigenvalue weighted by atomic mass is 10.0. The van der Waals surface area contributed by atoms with Crippen LogP contribution in [-0.2, 0) is 11.3 Å². The van der Waals surface area contributed by atoms with Crippen LogP contribution < -0.4 is 10.6 Å². The molecular weight excluding hydrogens is 216 g/mol. The number of benzene rings is 1. The Bertz CT molecular complexity index is 397. The fourth-order valence-corrected chi connectivity index (χ4v) is 1.73. The average Bonchev–Trinajstić information content (AvgIpc) is 2.28. The smallest absolute Gasteiger partial charge is 0.414 e. The molecule has 0 radical (unpaired) electrons. The molecule has 0 spiro atoms. The number of carbonyl (C=O) groups excluding carboxylic acids is 1. The number of ether oxygens (including phenoxy) is 1. The van der Waals surface area contributed by atoms with Gasteiger partial charge in [-0.2, -0.15) is 0 Å². The van der Waals surface area contributed by atoms with Crippen molar-refractivity contribution in [1.29, 1.82) is 0 Å². The summed E-state index contributed by atoms with van der Waals surface area (Å²) < 4.78 is 4.84. The van der Waals surface area contributed by atoms with Crippen LogP contribution in [0.1, 0.15) is 26.3 Å². The standard InChI is InChI=1S/C13H20N2O2/c1-13(2,3)15(12(16)17-4)11-8-6-5-7-10(11)9-14/h5-8H,9,14H2,1-4H3. The molecule has 1 rings (SSSR count). The van der Waals surface area contributed by atoms with Crippen molar-refractivity contribution in [3.05, 3.63) is 29.8 Å². The van der Waals surface area contributed by atoms with E-state index in [4.69, 9.17) is 10.5 Å². The molecule has 4 heteroatoms. The third-order valence-electron chi connectivity index (χ3n) is 2.48. The number of carbonyl (C=O) groups is 1. The zero-order valence-corrected chi connectivity index (χ0v) is 10.9. The third-order valence-corrected chi connectivity index (χ3v) is 2.48. The summed E-state index contributed by atoms with van der Waals surface area (Å²) in [6, 6.07) is 7.58. The summed E-state index contributed by atoms with van der Waals surface area (Å²) in [6.07, 6.45) is -0.376. The summed E-state index contributed by atoms with van der Waals surface area (Å²) in [5.74, 6) is 0. The lowest BCUT2D eigenvalue weighted by Gasteiger charge is -2.35. The second-order valence-electron chi connectivity index (χ2n) is 4.81. The zero-order chi connectivity index (χ0) is 13.1. The van der Waals surface area contributed by atoms with Gasteiger partial charge in [-0.1, -0.05) is 18.2 Å². The van der Waals surface area contributed by atoms with E-state index in [2.05, 4.69) is 0 Å². The highest BCUT2D eigenvalue weighted by Gasteiger charge is 2.30. The molecule has 1 amide bonds. The highest BCUT2D eigenvalue weighted by atomic mass is 16.5. The molecule has 0 unspecified atom stereocenters. The number of hydrogen-bond donors (Lipinski definition) is 1. The van der Waals surface area contributed by atoms with Gasteiger partial charge in [0.2, 0.25) is 0 Å². The van der Waals surface area contributed by atoms with Crippen LogP contribution in [0.25, 0.3) is 0 Å². The van der Waals surface area contributed by atoms with Crippen molar-refractivity contribution in [2.45, 2.75) is 32.9 Å². The Hall–Kier alpha value is -1.55. The van der Waals surface area contributed by atoms with Gasteiger partial charge in [0.25, 0.3) is 0 Å². The molecule has 94 valence electrons. The molecule has 1 aromatic carbocycles. The molecule has 0 atom stereocenters. The van der Waals surface area contributed by atoms with E-state index in [1.54, 1.807) is 4.90 Å². The number of methoxy groups -OCH3 is 1. The Morgan fingerprint density at radius 1 is 1.35 bits per heavy atom. The van der Waals surface area contributed by atoms with E-state index in [-0.39, 0.29) is 11.6 Å². The van der Waals surface area contributed by atoms with Crippen LogP contribution in [0.2, 0.25) is 0 Å². The van der Waals surface area contributed by atoms with Gasteiger partial charge in [-0.25, -0.2) is 4.79 Å². The SMILES string of the molecule is COC(=O)N(c1ccccc1CN)C(C)(C)C. The number of rotatable bonds is 2. The number of nitrogens with two attached hydrogens (primary N) is 1. The van der Waals surface area contributed by atoms with Crippen LogP contribution in [0.5, 0.6) is 0 Å². The summed E-state index contributed by atoms with van der Waals surface area (Å²) in [7, 11) is 1.38. The van der Waals surface area contributed by atoms with Gasteiger partial charge in [0.15, 0.2) is 0 Å². The topological polar surface area (TPSA) is 55.6 Å². The molecule has 17 heavy (non-hydrogen) atoms. The van der Waals surface area contributed by atoms with Gasteiger partial charge in [0.1, 0.15) is 0 Å². The van der Waals surface area contributed by atoms with E-state index in [0.29, 0.717) is 6.54 Å². The van der Waals surface area contributed by atoms with Crippen LogP contribution in [0.15, 0.2) is 24.3 Å². The molecule has 0 bridgehead atoms. The van der Waals surface area contributed by atoms with Crippen LogP contribution >= 0.6 is 0 Å². The van der Waals surface area contributed by atoms with E-state index in [9.17, 15) is 4.79 Å². The molecular formula is C13H20N2O2. The van der Waals surface area contributed by atoms with Crippen LogP contribution in [0.3, 0.4) is 0 Å². The Labute approximate surface area is 102 Å². The van der Waals surface area contributed by atoms with Crippen LogP contribution in [0, 0.1) is 0 Å². The maximum absolute atomic E-state index is 11.9. The van der Waals surface area contributed by atoms with Gasteiger partial charge >= 0.3 is 6.09 Å². The average molecular weight is 236 g/mol. The van der Waals surface area contributed by atoms with E-state index in [0.717, 1.165) is 11.3 Å². The van der Waals surface area contributed by atoms with E-state index >= 15 is 0 Å². The van der Waals surface area contributed by atoms with Crippen molar-refractivity contribution in [1.82, 2.24) is 0 Å². The fraction of sp³-hybridized carbons (Fsp3) is 0.462. The molecule has 0 heterocycles. The molecule has 0 fully saturated rings. The molecule has 1 aromatic rings.